The molecule has 3 aromatic carbocycles. The van der Waals surface area contributed by atoms with Crippen molar-refractivity contribution in [2.45, 2.75) is 32.0 Å². The van der Waals surface area contributed by atoms with Gasteiger partial charge in [0.2, 0.25) is 0 Å². The molecule has 0 bridgehead atoms. The van der Waals surface area contributed by atoms with Gasteiger partial charge in [-0.15, -0.1) is 0 Å². The minimum Gasteiger partial charge on any atom is -0.435 e. The molecule has 7 nitrogen and oxygen atoms in total. The van der Waals surface area contributed by atoms with Crippen LogP contribution >= 0.6 is 22.6 Å². The van der Waals surface area contributed by atoms with Crippen molar-refractivity contribution in [1.29, 1.82) is 0 Å². The second-order valence-electron chi connectivity index (χ2n) is 8.17. The lowest BCUT2D eigenvalue weighted by Crippen LogP contribution is -2.30. The molecule has 0 fully saturated rings. The van der Waals surface area contributed by atoms with Crippen molar-refractivity contribution in [2.75, 3.05) is 0 Å². The van der Waals surface area contributed by atoms with Gasteiger partial charge in [-0.3, -0.25) is 4.79 Å². The molecule has 1 atom stereocenters. The lowest BCUT2D eigenvalue weighted by Gasteiger charge is -2.13. The number of aliphatic hydroxyl groups excluding tert-OH is 1. The number of halogens is 11. The Bertz CT molecular complexity index is 1500. The molecular weight excluding hydrogens is 741 g/mol. The van der Waals surface area contributed by atoms with Crippen LogP contribution in [0.25, 0.3) is 0 Å². The first kappa shape index (κ1) is 36.3. The highest BCUT2D eigenvalue weighted by Crippen LogP contribution is 2.35. The van der Waals surface area contributed by atoms with Gasteiger partial charge in [-0.25, -0.2) is 18.4 Å². The number of benzene rings is 3. The number of ether oxygens (including phenoxy) is 3. The highest BCUT2D eigenvalue weighted by atomic mass is 127. The summed E-state index contributed by atoms with van der Waals surface area (Å²) in [4.78, 5) is 33.5. The molecule has 0 saturated carbocycles. The number of hydrogen-bond donors (Lipinski definition) is 1. The van der Waals surface area contributed by atoms with Crippen LogP contribution in [0.2, 0.25) is 0 Å². The Morgan fingerprint density at radius 2 is 1.34 bits per heavy atom. The molecule has 44 heavy (non-hydrogen) atoms. The third kappa shape index (κ3) is 10.4. The fraction of sp³-hybridized carbons (Fsp3) is 0.192. The van der Waals surface area contributed by atoms with E-state index in [1.54, 1.807) is 0 Å². The summed E-state index contributed by atoms with van der Waals surface area (Å²) < 4.78 is 135. The summed E-state index contributed by atoms with van der Waals surface area (Å²) in [6.07, 6.45) is -12.4. The van der Waals surface area contributed by atoms with Gasteiger partial charge in [0.1, 0.15) is 23.5 Å². The average Bonchev–Trinajstić information content (AvgIpc) is 2.89. The predicted octanol–water partition coefficient (Wildman–Crippen LogP) is 7.02. The van der Waals surface area contributed by atoms with Crippen LogP contribution in [0.3, 0.4) is 0 Å². The van der Waals surface area contributed by atoms with Crippen LogP contribution in [0, 0.1) is 22.1 Å². The number of rotatable bonds is 7. The van der Waals surface area contributed by atoms with Gasteiger partial charge in [-0.05, 0) is 77.0 Å². The fourth-order valence-electron chi connectivity index (χ4n) is 3.05. The first-order valence-electron chi connectivity index (χ1n) is 11.3. The average molecular weight is 756 g/mol. The van der Waals surface area contributed by atoms with E-state index >= 15 is 0 Å². The van der Waals surface area contributed by atoms with Crippen LogP contribution in [0.4, 0.5) is 43.9 Å². The van der Waals surface area contributed by atoms with E-state index in [0.717, 1.165) is 30.3 Å². The van der Waals surface area contributed by atoms with Crippen LogP contribution in [0.15, 0.2) is 54.6 Å². The van der Waals surface area contributed by atoms with Crippen molar-refractivity contribution in [3.8, 4) is 17.2 Å². The number of esters is 2. The molecule has 0 heterocycles. The van der Waals surface area contributed by atoms with E-state index in [0.29, 0.717) is 6.07 Å². The Labute approximate surface area is 253 Å². The number of Topliss-reactive ketones (excluding diaryl/α,β-unsaturated/α-hetero) is 1. The summed E-state index contributed by atoms with van der Waals surface area (Å²) in [7, 11) is 0. The van der Waals surface area contributed by atoms with E-state index in [1.165, 1.54) is 47.7 Å². The molecule has 238 valence electrons. The van der Waals surface area contributed by atoms with Crippen molar-refractivity contribution in [3.63, 3.8) is 0 Å². The van der Waals surface area contributed by atoms with Gasteiger partial charge in [-0.2, -0.15) is 35.1 Å². The molecule has 3 aromatic rings. The number of ketones is 1. The minimum absolute atomic E-state index is 0.0961. The lowest BCUT2D eigenvalue weighted by molar-refractivity contribution is -0.191. The zero-order valence-corrected chi connectivity index (χ0v) is 23.6. The van der Waals surface area contributed by atoms with E-state index in [2.05, 4.69) is 14.2 Å². The van der Waals surface area contributed by atoms with E-state index in [-0.39, 0.29) is 26.0 Å². The van der Waals surface area contributed by atoms with E-state index < -0.39 is 65.9 Å². The summed E-state index contributed by atoms with van der Waals surface area (Å²) in [6, 6.07) is 8.90. The Hall–Kier alpha value is -3.94. The second kappa shape index (κ2) is 14.7. The van der Waals surface area contributed by atoms with Crippen molar-refractivity contribution < 1.29 is 77.6 Å². The van der Waals surface area contributed by atoms with Gasteiger partial charge >= 0.3 is 30.9 Å². The van der Waals surface area contributed by atoms with Gasteiger partial charge in [0.15, 0.2) is 17.3 Å². The maximum atomic E-state index is 13.1. The van der Waals surface area contributed by atoms with Crippen LogP contribution in [-0.4, -0.2) is 41.8 Å². The van der Waals surface area contributed by atoms with Gasteiger partial charge < -0.3 is 19.3 Å². The molecule has 0 aromatic heterocycles. The third-order valence-electron chi connectivity index (χ3n) is 4.92. The van der Waals surface area contributed by atoms with Gasteiger partial charge in [0.05, 0.1) is 3.57 Å². The first-order valence-corrected chi connectivity index (χ1v) is 12.4. The minimum atomic E-state index is -5.36. The molecule has 0 amide bonds. The maximum absolute atomic E-state index is 13.1. The Kier molecular flexibility index (Phi) is 12.1. The van der Waals surface area contributed by atoms with Crippen LogP contribution in [-0.2, 0) is 9.59 Å². The fourth-order valence-corrected chi connectivity index (χ4v) is 3.64. The number of aryl methyl sites for hydroxylation is 1. The number of para-hydroxylation sites is 1. The molecule has 18 heteroatoms. The number of hydrogen-bond acceptors (Lipinski definition) is 7. The molecule has 0 saturated heterocycles. The molecule has 1 unspecified atom stereocenters. The Morgan fingerprint density at radius 3 is 1.84 bits per heavy atom. The van der Waals surface area contributed by atoms with Crippen molar-refractivity contribution in [2.24, 2.45) is 0 Å². The SMILES string of the molecule is Cc1cc(C(O)C(=O)c2cc(F)cc(F)c2)ccc1OC(F)F.O=C(Oc1cccc(I)c1OC(=O)C(F)(F)F)C(F)(F)F. The number of aliphatic hydroxyl groups is 1. The van der Waals surface area contributed by atoms with E-state index in [1.807, 2.05) is 0 Å². The van der Waals surface area contributed by atoms with Gasteiger partial charge in [0, 0.05) is 11.6 Å². The van der Waals surface area contributed by atoms with Crippen molar-refractivity contribution in [3.05, 3.63) is 86.5 Å². The van der Waals surface area contributed by atoms with Crippen LogP contribution in [0.5, 0.6) is 17.2 Å². The monoisotopic (exact) mass is 756 g/mol. The zero-order chi connectivity index (χ0) is 33.6. The summed E-state index contributed by atoms with van der Waals surface area (Å²) in [5.74, 6) is -10.1. The summed E-state index contributed by atoms with van der Waals surface area (Å²) in [5, 5.41) is 10.0. The first-order chi connectivity index (χ1) is 20.2. The molecule has 0 spiro atoms. The molecule has 0 aliphatic rings. The zero-order valence-electron chi connectivity index (χ0n) is 21.4. The highest BCUT2D eigenvalue weighted by molar-refractivity contribution is 14.1. The lowest BCUT2D eigenvalue weighted by atomic mass is 9.98. The summed E-state index contributed by atoms with van der Waals surface area (Å²) >= 11 is 1.40. The van der Waals surface area contributed by atoms with E-state index in [9.17, 15) is 63.4 Å². The summed E-state index contributed by atoms with van der Waals surface area (Å²) in [5.41, 5.74) is 0.0411. The molecule has 0 aliphatic heterocycles. The molecule has 1 N–H and O–H groups in total. The Balaban J connectivity index is 0.000000308. The molecule has 3 rings (SSSR count). The molecule has 0 radical (unpaired) electrons. The predicted molar refractivity (Wildman–Crippen MR) is 136 cm³/mol. The van der Waals surface area contributed by atoms with Crippen LogP contribution < -0.4 is 14.2 Å². The highest BCUT2D eigenvalue weighted by Gasteiger charge is 2.44. The summed E-state index contributed by atoms with van der Waals surface area (Å²) in [6.45, 7) is -1.54. The van der Waals surface area contributed by atoms with Crippen molar-refractivity contribution >= 4 is 40.3 Å². The van der Waals surface area contributed by atoms with Crippen molar-refractivity contribution in [1.82, 2.24) is 0 Å². The van der Waals surface area contributed by atoms with Gasteiger partial charge in [-0.1, -0.05) is 12.1 Å². The normalized spacial score (nSPS) is 12.1. The quantitative estimate of drug-likeness (QED) is 0.0911. The van der Waals surface area contributed by atoms with Crippen LogP contribution in [0.1, 0.15) is 27.6 Å². The maximum Gasteiger partial charge on any atom is 0.491 e. The Morgan fingerprint density at radius 1 is 0.795 bits per heavy atom. The molecular formula is C26H15F10IO7. The smallest absolute Gasteiger partial charge is 0.435 e. The standard InChI is InChI=1S/C16H12F4O3.C10H3F6IO4/c1-8-4-9(2-3-13(8)23-16(19)20)14(21)15(22)10-5-11(17)7-12(18)6-10;11-9(12,13)7(18)20-5-3-1-2-4(17)6(5)21-8(19)10(14,15)16/h2-7,14,16,21H,1H3;1-3H. The topological polar surface area (TPSA) is 99.1 Å². The number of alkyl halides is 8. The third-order valence-corrected chi connectivity index (χ3v) is 5.77. The van der Waals surface area contributed by atoms with Gasteiger partial charge in [0.25, 0.3) is 0 Å². The molecule has 0 aliphatic carbocycles. The number of carbonyl (C=O) groups excluding carboxylic acids is 3. The second-order valence-corrected chi connectivity index (χ2v) is 9.33. The van der Waals surface area contributed by atoms with E-state index in [4.69, 9.17) is 0 Å². The largest absolute Gasteiger partial charge is 0.491 e. The number of carbonyl (C=O) groups is 3.